The molecule has 0 saturated carbocycles. The van der Waals surface area contributed by atoms with Crippen LogP contribution in [0.2, 0.25) is 0 Å². The Balaban J connectivity index is 1.99. The molecule has 0 N–H and O–H groups in total. The molecule has 0 fully saturated rings. The molecule has 3 rings (SSSR count). The summed E-state index contributed by atoms with van der Waals surface area (Å²) in [5, 5.41) is 0. The molecule has 1 amide bonds. The summed E-state index contributed by atoms with van der Waals surface area (Å²) in [4.78, 5) is 18.9. The third kappa shape index (κ3) is 2.54. The average molecular weight is 292 g/mol. The maximum absolute atomic E-state index is 12.5. The second-order valence-corrected chi connectivity index (χ2v) is 5.79. The quantitative estimate of drug-likeness (QED) is 0.822. The lowest BCUT2D eigenvalue weighted by atomic mass is 10.0. The Morgan fingerprint density at radius 1 is 1.27 bits per heavy atom. The van der Waals surface area contributed by atoms with E-state index in [-0.39, 0.29) is 11.9 Å². The van der Waals surface area contributed by atoms with Crippen LogP contribution in [0.15, 0.2) is 65.3 Å². The number of hydrogen-bond donors (Lipinski definition) is 0. The van der Waals surface area contributed by atoms with Crippen LogP contribution in [0.3, 0.4) is 0 Å². The molecule has 1 aromatic rings. The van der Waals surface area contributed by atoms with Crippen LogP contribution < -0.4 is 0 Å². The second kappa shape index (κ2) is 5.76. The monoisotopic (exact) mass is 292 g/mol. The number of rotatable bonds is 2. The molecular weight excluding hydrogens is 272 g/mol. The molecule has 112 valence electrons. The van der Waals surface area contributed by atoms with Crippen LogP contribution in [0.25, 0.3) is 0 Å². The number of carbonyl (C=O) groups excluding carboxylic acids is 1. The number of allylic oxidation sites excluding steroid dienone is 2. The van der Waals surface area contributed by atoms with Gasteiger partial charge in [-0.05, 0) is 43.9 Å². The van der Waals surface area contributed by atoms with Crippen molar-refractivity contribution < 1.29 is 4.79 Å². The van der Waals surface area contributed by atoms with Gasteiger partial charge in [-0.2, -0.15) is 0 Å². The van der Waals surface area contributed by atoms with E-state index >= 15 is 0 Å². The number of amides is 1. The fraction of sp³-hybridized carbons (Fsp3) is 0.263. The van der Waals surface area contributed by atoms with Gasteiger partial charge in [-0.25, -0.2) is 4.99 Å². The number of fused-ring (bicyclic) bond motifs is 1. The van der Waals surface area contributed by atoms with E-state index in [1.165, 1.54) is 11.1 Å². The normalized spacial score (nSPS) is 21.7. The topological polar surface area (TPSA) is 32.7 Å². The third-order valence-corrected chi connectivity index (χ3v) is 4.13. The molecule has 0 radical (unpaired) electrons. The summed E-state index contributed by atoms with van der Waals surface area (Å²) in [7, 11) is 0. The van der Waals surface area contributed by atoms with Crippen molar-refractivity contribution in [3.8, 4) is 0 Å². The predicted octanol–water partition coefficient (Wildman–Crippen LogP) is 3.43. The average Bonchev–Trinajstić information content (AvgIpc) is 2.90. The molecule has 3 nitrogen and oxygen atoms in total. The van der Waals surface area contributed by atoms with Crippen molar-refractivity contribution in [2.24, 2.45) is 4.99 Å². The number of hydrogen-bond acceptors (Lipinski definition) is 2. The van der Waals surface area contributed by atoms with Crippen molar-refractivity contribution in [1.82, 2.24) is 4.90 Å². The molecule has 0 bridgehead atoms. The lowest BCUT2D eigenvalue weighted by Crippen LogP contribution is -2.46. The number of carbonyl (C=O) groups is 1. The second-order valence-electron chi connectivity index (χ2n) is 5.79. The summed E-state index contributed by atoms with van der Waals surface area (Å²) in [5.41, 5.74) is 4.33. The van der Waals surface area contributed by atoms with E-state index in [9.17, 15) is 4.79 Å². The maximum atomic E-state index is 12.5. The molecule has 3 heteroatoms. The van der Waals surface area contributed by atoms with Gasteiger partial charge in [0.25, 0.3) is 5.91 Å². The Bertz CT molecular complexity index is 700. The van der Waals surface area contributed by atoms with Crippen LogP contribution in [0.4, 0.5) is 0 Å². The van der Waals surface area contributed by atoms with Gasteiger partial charge in [0, 0.05) is 23.4 Å². The van der Waals surface area contributed by atoms with Gasteiger partial charge in [0.05, 0.1) is 0 Å². The van der Waals surface area contributed by atoms with Crippen molar-refractivity contribution in [2.45, 2.75) is 32.7 Å². The SMILES string of the molecule is C=C(C)N=C1/C(=C\C)C=CC(=O)N1C1Cc2ccccc2C1. The summed E-state index contributed by atoms with van der Waals surface area (Å²) in [6.07, 6.45) is 7.21. The molecule has 22 heavy (non-hydrogen) atoms. The molecule has 0 atom stereocenters. The van der Waals surface area contributed by atoms with Crippen LogP contribution in [0.5, 0.6) is 0 Å². The van der Waals surface area contributed by atoms with Crippen LogP contribution in [-0.2, 0) is 17.6 Å². The maximum Gasteiger partial charge on any atom is 0.252 e. The first kappa shape index (κ1) is 14.5. The molecule has 1 aromatic carbocycles. The first-order chi connectivity index (χ1) is 10.6. The third-order valence-electron chi connectivity index (χ3n) is 4.13. The minimum atomic E-state index is 0.00315. The van der Waals surface area contributed by atoms with Gasteiger partial charge in [0.15, 0.2) is 0 Å². The molecule has 1 heterocycles. The lowest BCUT2D eigenvalue weighted by Gasteiger charge is -2.32. The molecule has 0 unspecified atom stereocenters. The highest BCUT2D eigenvalue weighted by Crippen LogP contribution is 2.29. The zero-order chi connectivity index (χ0) is 15.7. The number of benzene rings is 1. The highest BCUT2D eigenvalue weighted by Gasteiger charge is 2.34. The molecule has 1 aliphatic heterocycles. The fourth-order valence-electron chi connectivity index (χ4n) is 3.15. The molecular formula is C19H20N2O. The molecule has 0 aromatic heterocycles. The number of aliphatic imine (C=N–C) groups is 1. The molecule has 1 aliphatic carbocycles. The van der Waals surface area contributed by atoms with Crippen LogP contribution >= 0.6 is 0 Å². The minimum absolute atomic E-state index is 0.00315. The Hall–Kier alpha value is -2.42. The fourth-order valence-corrected chi connectivity index (χ4v) is 3.15. The van der Waals surface area contributed by atoms with Gasteiger partial charge in [-0.15, -0.1) is 0 Å². The van der Waals surface area contributed by atoms with Gasteiger partial charge in [0.2, 0.25) is 0 Å². The van der Waals surface area contributed by atoms with Crippen molar-refractivity contribution in [2.75, 3.05) is 0 Å². The first-order valence-electron chi connectivity index (χ1n) is 7.59. The standard InChI is InChI=1S/C19H20N2O/c1-4-14-9-10-18(22)21(19(14)20-13(2)3)17-11-15-7-5-6-8-16(15)12-17/h4-10,17H,2,11-12H2,1,3H3/b14-4-,20-19?. The summed E-state index contributed by atoms with van der Waals surface area (Å²) in [6.45, 7) is 7.68. The Kier molecular flexibility index (Phi) is 3.80. The van der Waals surface area contributed by atoms with Gasteiger partial charge in [0.1, 0.15) is 5.84 Å². The van der Waals surface area contributed by atoms with E-state index < -0.39 is 0 Å². The minimum Gasteiger partial charge on any atom is -0.289 e. The van der Waals surface area contributed by atoms with Crippen molar-refractivity contribution in [3.63, 3.8) is 0 Å². The van der Waals surface area contributed by atoms with Crippen LogP contribution in [0, 0.1) is 0 Å². The van der Waals surface area contributed by atoms with Gasteiger partial charge >= 0.3 is 0 Å². The zero-order valence-electron chi connectivity index (χ0n) is 13.0. The van der Waals surface area contributed by atoms with Crippen molar-refractivity contribution in [3.05, 3.63) is 71.5 Å². The van der Waals surface area contributed by atoms with E-state index in [4.69, 9.17) is 0 Å². The van der Waals surface area contributed by atoms with Crippen molar-refractivity contribution in [1.29, 1.82) is 0 Å². The largest absolute Gasteiger partial charge is 0.289 e. The van der Waals surface area contributed by atoms with Crippen molar-refractivity contribution >= 4 is 11.7 Å². The summed E-state index contributed by atoms with van der Waals surface area (Å²) in [6, 6.07) is 8.53. The van der Waals surface area contributed by atoms with Gasteiger partial charge < -0.3 is 0 Å². The summed E-state index contributed by atoms with van der Waals surface area (Å²) >= 11 is 0. The van der Waals surface area contributed by atoms with Gasteiger partial charge in [-0.3, -0.25) is 9.69 Å². The van der Waals surface area contributed by atoms with Crippen LogP contribution in [0.1, 0.15) is 25.0 Å². The number of amidine groups is 1. The lowest BCUT2D eigenvalue weighted by molar-refractivity contribution is -0.124. The summed E-state index contributed by atoms with van der Waals surface area (Å²) in [5.74, 6) is 0.726. The van der Waals surface area contributed by atoms with Crippen LogP contribution in [-0.4, -0.2) is 22.7 Å². The predicted molar refractivity (Wildman–Crippen MR) is 89.6 cm³/mol. The zero-order valence-corrected chi connectivity index (χ0v) is 13.0. The Morgan fingerprint density at radius 2 is 1.91 bits per heavy atom. The first-order valence-corrected chi connectivity index (χ1v) is 7.59. The molecule has 2 aliphatic rings. The Morgan fingerprint density at radius 3 is 2.45 bits per heavy atom. The van der Waals surface area contributed by atoms with E-state index in [0.717, 1.165) is 24.3 Å². The van der Waals surface area contributed by atoms with E-state index in [1.54, 1.807) is 6.08 Å². The van der Waals surface area contributed by atoms with E-state index in [2.05, 4.69) is 35.8 Å². The highest BCUT2D eigenvalue weighted by molar-refractivity contribution is 6.16. The smallest absolute Gasteiger partial charge is 0.252 e. The van der Waals surface area contributed by atoms with E-state index in [0.29, 0.717) is 5.70 Å². The van der Waals surface area contributed by atoms with E-state index in [1.807, 2.05) is 30.9 Å². The molecule has 0 saturated heterocycles. The highest BCUT2D eigenvalue weighted by atomic mass is 16.2. The summed E-state index contributed by atoms with van der Waals surface area (Å²) < 4.78 is 0. The number of nitrogens with zero attached hydrogens (tertiary/aromatic N) is 2. The Labute approximate surface area is 131 Å². The molecule has 0 spiro atoms. The van der Waals surface area contributed by atoms with Gasteiger partial charge in [-0.1, -0.05) is 36.9 Å².